The summed E-state index contributed by atoms with van der Waals surface area (Å²) in [5.41, 5.74) is 0. The first kappa shape index (κ1) is 12.4. The van der Waals surface area contributed by atoms with E-state index in [1.165, 1.54) is 4.90 Å². The highest BCUT2D eigenvalue weighted by molar-refractivity contribution is 5.83. The molecule has 1 saturated heterocycles. The molecule has 0 saturated carbocycles. The summed E-state index contributed by atoms with van der Waals surface area (Å²) in [6.07, 6.45) is 7.09. The lowest BCUT2D eigenvalue weighted by atomic mass is 10.2. The van der Waals surface area contributed by atoms with Crippen LogP contribution >= 0.6 is 0 Å². The number of rotatable bonds is 3. The zero-order chi connectivity index (χ0) is 12.1. The van der Waals surface area contributed by atoms with E-state index in [1.54, 1.807) is 0 Å². The molecule has 1 rings (SSSR count). The van der Waals surface area contributed by atoms with Crippen LogP contribution in [0.1, 0.15) is 26.2 Å². The summed E-state index contributed by atoms with van der Waals surface area (Å²) < 4.78 is 0. The average molecular weight is 224 g/mol. The molecule has 0 aromatic carbocycles. The zero-order valence-corrected chi connectivity index (χ0v) is 9.27. The van der Waals surface area contributed by atoms with Crippen molar-refractivity contribution >= 4 is 12.0 Å². The highest BCUT2D eigenvalue weighted by atomic mass is 16.4. The summed E-state index contributed by atoms with van der Waals surface area (Å²) in [6.45, 7) is 2.34. The van der Waals surface area contributed by atoms with Crippen LogP contribution in [0.4, 0.5) is 4.79 Å². The predicted octanol–water partition coefficient (Wildman–Crippen LogP) is 0.657. The maximum Gasteiger partial charge on any atom is 0.326 e. The molecular formula is C11H16N2O3. The number of likely N-dealkylation sites (tertiary alicyclic amines) is 1. The summed E-state index contributed by atoms with van der Waals surface area (Å²) in [6, 6.07) is -1.42. The fraction of sp³-hybridized carbons (Fsp3) is 0.636. The Morgan fingerprint density at radius 3 is 2.88 bits per heavy atom. The molecular weight excluding hydrogens is 208 g/mol. The number of urea groups is 1. The molecule has 0 bridgehead atoms. The number of carboxylic acids is 1. The van der Waals surface area contributed by atoms with Gasteiger partial charge in [-0.25, -0.2) is 9.59 Å². The summed E-state index contributed by atoms with van der Waals surface area (Å²) in [7, 11) is 0. The van der Waals surface area contributed by atoms with Crippen LogP contribution in [0.15, 0.2) is 0 Å². The Labute approximate surface area is 94.8 Å². The van der Waals surface area contributed by atoms with Gasteiger partial charge in [0.15, 0.2) is 0 Å². The second-order valence-corrected chi connectivity index (χ2v) is 3.77. The van der Waals surface area contributed by atoms with Gasteiger partial charge in [-0.1, -0.05) is 12.8 Å². The molecule has 1 unspecified atom stereocenters. The number of carbonyl (C=O) groups is 2. The fourth-order valence-electron chi connectivity index (χ4n) is 1.76. The standard InChI is InChI=1S/C11H16N2O3/c1-3-8(4-2)12-11(16)13-7-5-6-9(13)10(14)15/h1,8-9H,4-7H2,2H3,(H,12,16)(H,14,15)/t8?,9-/m1/s1. The molecule has 1 fully saturated rings. The van der Waals surface area contributed by atoms with Gasteiger partial charge in [0, 0.05) is 6.54 Å². The van der Waals surface area contributed by atoms with E-state index in [4.69, 9.17) is 11.5 Å². The number of terminal acetylenes is 1. The molecule has 0 aromatic rings. The number of hydrogen-bond acceptors (Lipinski definition) is 2. The lowest BCUT2D eigenvalue weighted by molar-refractivity contribution is -0.141. The van der Waals surface area contributed by atoms with Crippen molar-refractivity contribution in [1.29, 1.82) is 0 Å². The number of nitrogens with one attached hydrogen (secondary N) is 1. The molecule has 0 spiro atoms. The number of amides is 2. The van der Waals surface area contributed by atoms with Gasteiger partial charge in [0.25, 0.3) is 0 Å². The topological polar surface area (TPSA) is 69.6 Å². The second kappa shape index (κ2) is 5.40. The molecule has 2 N–H and O–H groups in total. The smallest absolute Gasteiger partial charge is 0.326 e. The SMILES string of the molecule is C#CC(CC)NC(=O)N1CCC[C@@H]1C(=O)O. The Hall–Kier alpha value is -1.70. The van der Waals surface area contributed by atoms with Gasteiger partial charge in [-0.05, 0) is 19.3 Å². The average Bonchev–Trinajstić information content (AvgIpc) is 2.74. The summed E-state index contributed by atoms with van der Waals surface area (Å²) in [5.74, 6) is 1.49. The fourth-order valence-corrected chi connectivity index (χ4v) is 1.76. The summed E-state index contributed by atoms with van der Waals surface area (Å²) in [5, 5.41) is 11.5. The number of nitrogens with zero attached hydrogens (tertiary/aromatic N) is 1. The van der Waals surface area contributed by atoms with Gasteiger partial charge in [0.05, 0.1) is 6.04 Å². The van der Waals surface area contributed by atoms with E-state index in [0.29, 0.717) is 19.4 Å². The van der Waals surface area contributed by atoms with Crippen LogP contribution in [-0.4, -0.2) is 40.6 Å². The molecule has 1 aliphatic heterocycles. The molecule has 1 heterocycles. The van der Waals surface area contributed by atoms with Gasteiger partial charge in [-0.15, -0.1) is 6.42 Å². The van der Waals surface area contributed by atoms with Crippen molar-refractivity contribution in [1.82, 2.24) is 10.2 Å². The van der Waals surface area contributed by atoms with Crippen molar-refractivity contribution in [3.05, 3.63) is 0 Å². The van der Waals surface area contributed by atoms with E-state index in [2.05, 4.69) is 11.2 Å². The maximum absolute atomic E-state index is 11.7. The van der Waals surface area contributed by atoms with Gasteiger partial charge < -0.3 is 15.3 Å². The number of carboxylic acid groups (broad SMARTS) is 1. The van der Waals surface area contributed by atoms with Crippen LogP contribution in [0.25, 0.3) is 0 Å². The molecule has 2 atom stereocenters. The van der Waals surface area contributed by atoms with Crippen LogP contribution in [0.2, 0.25) is 0 Å². The minimum absolute atomic E-state index is 0.331. The highest BCUT2D eigenvalue weighted by Crippen LogP contribution is 2.17. The van der Waals surface area contributed by atoms with Crippen molar-refractivity contribution in [2.45, 2.75) is 38.3 Å². The number of carbonyl (C=O) groups excluding carboxylic acids is 1. The van der Waals surface area contributed by atoms with E-state index in [-0.39, 0.29) is 12.1 Å². The third-order valence-corrected chi connectivity index (χ3v) is 2.71. The molecule has 16 heavy (non-hydrogen) atoms. The Morgan fingerprint density at radius 1 is 1.69 bits per heavy atom. The Kier molecular flexibility index (Phi) is 4.18. The largest absolute Gasteiger partial charge is 0.480 e. The predicted molar refractivity (Wildman–Crippen MR) is 58.8 cm³/mol. The Morgan fingerprint density at radius 2 is 2.38 bits per heavy atom. The van der Waals surface area contributed by atoms with Crippen LogP contribution in [0, 0.1) is 12.3 Å². The minimum Gasteiger partial charge on any atom is -0.480 e. The third-order valence-electron chi connectivity index (χ3n) is 2.71. The van der Waals surface area contributed by atoms with E-state index in [0.717, 1.165) is 6.42 Å². The van der Waals surface area contributed by atoms with Crippen LogP contribution < -0.4 is 5.32 Å². The van der Waals surface area contributed by atoms with E-state index < -0.39 is 12.0 Å². The maximum atomic E-state index is 11.7. The number of aliphatic carboxylic acids is 1. The summed E-state index contributed by atoms with van der Waals surface area (Å²) in [4.78, 5) is 24.0. The van der Waals surface area contributed by atoms with Crippen molar-refractivity contribution in [3.8, 4) is 12.3 Å². The summed E-state index contributed by atoms with van der Waals surface area (Å²) >= 11 is 0. The molecule has 1 aliphatic rings. The lowest BCUT2D eigenvalue weighted by Crippen LogP contribution is -2.48. The van der Waals surface area contributed by atoms with Crippen LogP contribution in [0.3, 0.4) is 0 Å². The monoisotopic (exact) mass is 224 g/mol. The molecule has 2 amide bonds. The Bertz CT molecular complexity index is 322. The number of hydrogen-bond donors (Lipinski definition) is 2. The van der Waals surface area contributed by atoms with Crippen LogP contribution in [-0.2, 0) is 4.79 Å². The molecule has 5 heteroatoms. The van der Waals surface area contributed by atoms with Gasteiger partial charge in [0.2, 0.25) is 0 Å². The van der Waals surface area contributed by atoms with Gasteiger partial charge in [-0.2, -0.15) is 0 Å². The second-order valence-electron chi connectivity index (χ2n) is 3.77. The quantitative estimate of drug-likeness (QED) is 0.692. The van der Waals surface area contributed by atoms with E-state index >= 15 is 0 Å². The Balaban J connectivity index is 2.60. The molecule has 0 aromatic heterocycles. The van der Waals surface area contributed by atoms with E-state index in [9.17, 15) is 9.59 Å². The first-order valence-corrected chi connectivity index (χ1v) is 5.36. The third kappa shape index (κ3) is 2.66. The first-order valence-electron chi connectivity index (χ1n) is 5.36. The van der Waals surface area contributed by atoms with Crippen molar-refractivity contribution in [2.24, 2.45) is 0 Å². The zero-order valence-electron chi connectivity index (χ0n) is 9.27. The van der Waals surface area contributed by atoms with Gasteiger partial charge in [-0.3, -0.25) is 0 Å². The molecule has 88 valence electrons. The van der Waals surface area contributed by atoms with Crippen molar-refractivity contribution in [2.75, 3.05) is 6.54 Å². The van der Waals surface area contributed by atoms with Crippen molar-refractivity contribution in [3.63, 3.8) is 0 Å². The molecule has 0 aliphatic carbocycles. The van der Waals surface area contributed by atoms with Crippen LogP contribution in [0.5, 0.6) is 0 Å². The van der Waals surface area contributed by atoms with Gasteiger partial charge >= 0.3 is 12.0 Å². The van der Waals surface area contributed by atoms with Gasteiger partial charge in [0.1, 0.15) is 6.04 Å². The molecule has 5 nitrogen and oxygen atoms in total. The minimum atomic E-state index is -0.957. The molecule has 0 radical (unpaired) electrons. The normalized spacial score (nSPS) is 21.2. The first-order chi connectivity index (χ1) is 7.60. The lowest BCUT2D eigenvalue weighted by Gasteiger charge is -2.23. The van der Waals surface area contributed by atoms with Crippen molar-refractivity contribution < 1.29 is 14.7 Å². The highest BCUT2D eigenvalue weighted by Gasteiger charge is 2.34. The van der Waals surface area contributed by atoms with E-state index in [1.807, 2.05) is 6.92 Å².